The molecule has 0 aliphatic heterocycles. The number of primary amides is 1. The van der Waals surface area contributed by atoms with Crippen LogP contribution < -0.4 is 11.2 Å². The molecular weight excluding hydrogens is 282 g/mol. The number of carbonyl (C=O) groups excluding carboxylic acids is 3. The standard InChI is InChI=1S/C16H27N3O3/c1-10-7-6-8-16(4,5)14(10)13(21)9-11(2)19(12(3)20)18-15(17)22/h6-7,10-11,14H,8-9H2,1-5H3,(H3,17,18,22)/t10-,11+,14+/m0/s1. The highest BCUT2D eigenvalue weighted by molar-refractivity contribution is 5.84. The number of carbonyl (C=O) groups is 3. The smallest absolute Gasteiger partial charge is 0.331 e. The van der Waals surface area contributed by atoms with E-state index in [1.807, 2.05) is 6.92 Å². The van der Waals surface area contributed by atoms with Gasteiger partial charge in [-0.1, -0.05) is 32.9 Å². The molecule has 0 unspecified atom stereocenters. The lowest BCUT2D eigenvalue weighted by molar-refractivity contribution is -0.136. The van der Waals surface area contributed by atoms with E-state index in [9.17, 15) is 14.4 Å². The summed E-state index contributed by atoms with van der Waals surface area (Å²) in [6.07, 6.45) is 5.24. The summed E-state index contributed by atoms with van der Waals surface area (Å²) < 4.78 is 0. The molecular formula is C16H27N3O3. The Kier molecular flexibility index (Phi) is 5.74. The first kappa shape index (κ1) is 18.2. The molecule has 1 rings (SSSR count). The minimum absolute atomic E-state index is 0.0951. The number of Topliss-reactive ketones (excluding diaryl/α,β-unsaturated/α-hetero) is 1. The zero-order valence-corrected chi connectivity index (χ0v) is 14.1. The molecule has 0 radical (unpaired) electrons. The number of hydrogen-bond donors (Lipinski definition) is 2. The Morgan fingerprint density at radius 3 is 2.45 bits per heavy atom. The monoisotopic (exact) mass is 309 g/mol. The summed E-state index contributed by atoms with van der Waals surface area (Å²) in [4.78, 5) is 35.3. The summed E-state index contributed by atoms with van der Waals surface area (Å²) in [7, 11) is 0. The molecule has 6 nitrogen and oxygen atoms in total. The summed E-state index contributed by atoms with van der Waals surface area (Å²) >= 11 is 0. The van der Waals surface area contributed by atoms with Crippen molar-refractivity contribution < 1.29 is 14.4 Å². The SMILES string of the molecule is CC(=O)N(NC(N)=O)[C@H](C)CC(=O)[C@H]1[C@@H](C)C=CCC1(C)C. The quantitative estimate of drug-likeness (QED) is 0.614. The van der Waals surface area contributed by atoms with E-state index in [1.165, 1.54) is 6.92 Å². The van der Waals surface area contributed by atoms with Gasteiger partial charge in [-0.3, -0.25) is 9.59 Å². The number of nitrogens with zero attached hydrogens (tertiary/aromatic N) is 1. The fraction of sp³-hybridized carbons (Fsp3) is 0.688. The molecule has 0 heterocycles. The molecule has 22 heavy (non-hydrogen) atoms. The Morgan fingerprint density at radius 2 is 2.00 bits per heavy atom. The molecule has 0 saturated heterocycles. The van der Waals surface area contributed by atoms with Crippen LogP contribution in [0.2, 0.25) is 0 Å². The number of ketones is 1. The van der Waals surface area contributed by atoms with Gasteiger partial charge in [-0.2, -0.15) is 0 Å². The second-order valence-corrected chi connectivity index (χ2v) is 6.84. The summed E-state index contributed by atoms with van der Waals surface area (Å²) in [6.45, 7) is 9.27. The van der Waals surface area contributed by atoms with Crippen LogP contribution in [-0.4, -0.2) is 28.8 Å². The summed E-state index contributed by atoms with van der Waals surface area (Å²) in [5.41, 5.74) is 7.24. The number of nitrogens with two attached hydrogens (primary N) is 1. The van der Waals surface area contributed by atoms with Crippen LogP contribution in [0.3, 0.4) is 0 Å². The molecule has 0 bridgehead atoms. The van der Waals surface area contributed by atoms with Crippen LogP contribution in [0.25, 0.3) is 0 Å². The van der Waals surface area contributed by atoms with Crippen molar-refractivity contribution in [3.05, 3.63) is 12.2 Å². The average molecular weight is 309 g/mol. The topological polar surface area (TPSA) is 92.5 Å². The predicted octanol–water partition coefficient (Wildman–Crippen LogP) is 2.00. The van der Waals surface area contributed by atoms with E-state index in [1.54, 1.807) is 6.92 Å². The van der Waals surface area contributed by atoms with Crippen LogP contribution in [0.5, 0.6) is 0 Å². The normalized spacial score (nSPS) is 24.4. The third kappa shape index (κ3) is 4.32. The van der Waals surface area contributed by atoms with Gasteiger partial charge in [0.1, 0.15) is 5.78 Å². The first-order chi connectivity index (χ1) is 10.1. The maximum Gasteiger partial charge on any atom is 0.331 e. The van der Waals surface area contributed by atoms with Crippen LogP contribution in [0, 0.1) is 17.3 Å². The van der Waals surface area contributed by atoms with E-state index in [4.69, 9.17) is 5.73 Å². The summed E-state index contributed by atoms with van der Waals surface area (Å²) in [6, 6.07) is -1.25. The van der Waals surface area contributed by atoms with E-state index in [2.05, 4.69) is 31.4 Å². The molecule has 3 amide bonds. The Balaban J connectivity index is 2.83. The molecule has 0 spiro atoms. The molecule has 1 aliphatic rings. The number of allylic oxidation sites excluding steroid dienone is 2. The van der Waals surface area contributed by atoms with Crippen molar-refractivity contribution >= 4 is 17.7 Å². The first-order valence-electron chi connectivity index (χ1n) is 7.61. The summed E-state index contributed by atoms with van der Waals surface area (Å²) in [5, 5.41) is 1.12. The highest BCUT2D eigenvalue weighted by atomic mass is 16.2. The van der Waals surface area contributed by atoms with Crippen molar-refractivity contribution in [1.29, 1.82) is 0 Å². The minimum atomic E-state index is -0.816. The largest absolute Gasteiger partial charge is 0.350 e. The van der Waals surface area contributed by atoms with E-state index in [0.29, 0.717) is 0 Å². The van der Waals surface area contributed by atoms with Gasteiger partial charge in [0.15, 0.2) is 0 Å². The van der Waals surface area contributed by atoms with Gasteiger partial charge in [-0.05, 0) is 24.7 Å². The lowest BCUT2D eigenvalue weighted by atomic mass is 9.64. The van der Waals surface area contributed by atoms with Gasteiger partial charge >= 0.3 is 6.03 Å². The van der Waals surface area contributed by atoms with Crippen molar-refractivity contribution in [3.8, 4) is 0 Å². The third-order valence-electron chi connectivity index (χ3n) is 4.31. The molecule has 0 fully saturated rings. The molecule has 6 heteroatoms. The number of urea groups is 1. The maximum atomic E-state index is 12.7. The first-order valence-corrected chi connectivity index (χ1v) is 7.61. The second kappa shape index (κ2) is 6.94. The molecule has 0 aromatic carbocycles. The van der Waals surface area contributed by atoms with E-state index >= 15 is 0 Å². The van der Waals surface area contributed by atoms with Gasteiger partial charge in [0.25, 0.3) is 0 Å². The Bertz CT molecular complexity index is 485. The van der Waals surface area contributed by atoms with E-state index in [0.717, 1.165) is 11.4 Å². The molecule has 3 atom stereocenters. The molecule has 0 aromatic rings. The number of nitrogens with one attached hydrogen (secondary N) is 1. The van der Waals surface area contributed by atoms with Gasteiger partial charge in [-0.25, -0.2) is 15.2 Å². The lowest BCUT2D eigenvalue weighted by Gasteiger charge is -2.39. The molecule has 0 saturated carbocycles. The highest BCUT2D eigenvalue weighted by Crippen LogP contribution is 2.41. The van der Waals surface area contributed by atoms with Crippen LogP contribution >= 0.6 is 0 Å². The number of hydrazine groups is 1. The molecule has 0 aromatic heterocycles. The highest BCUT2D eigenvalue weighted by Gasteiger charge is 2.40. The van der Waals surface area contributed by atoms with Gasteiger partial charge < -0.3 is 5.73 Å². The van der Waals surface area contributed by atoms with Crippen LogP contribution in [-0.2, 0) is 9.59 Å². The van der Waals surface area contributed by atoms with Crippen molar-refractivity contribution in [3.63, 3.8) is 0 Å². The fourth-order valence-electron chi connectivity index (χ4n) is 3.39. The minimum Gasteiger partial charge on any atom is -0.350 e. The Hall–Kier alpha value is -1.85. The second-order valence-electron chi connectivity index (χ2n) is 6.84. The van der Waals surface area contributed by atoms with Crippen molar-refractivity contribution in [2.45, 2.75) is 53.5 Å². The molecule has 1 aliphatic carbocycles. The van der Waals surface area contributed by atoms with Gasteiger partial charge in [-0.15, -0.1) is 0 Å². The van der Waals surface area contributed by atoms with Crippen LogP contribution in [0.15, 0.2) is 12.2 Å². The lowest BCUT2D eigenvalue weighted by Crippen LogP contribution is -2.53. The average Bonchev–Trinajstić information content (AvgIpc) is 2.33. The molecule has 124 valence electrons. The van der Waals surface area contributed by atoms with Crippen LogP contribution in [0.1, 0.15) is 47.5 Å². The van der Waals surface area contributed by atoms with Crippen molar-refractivity contribution in [1.82, 2.24) is 10.4 Å². The Labute approximate surface area is 132 Å². The van der Waals surface area contributed by atoms with E-state index in [-0.39, 0.29) is 35.4 Å². The number of rotatable bonds is 4. The zero-order valence-electron chi connectivity index (χ0n) is 14.1. The van der Waals surface area contributed by atoms with E-state index < -0.39 is 12.1 Å². The van der Waals surface area contributed by atoms with Gasteiger partial charge in [0.05, 0.1) is 6.04 Å². The van der Waals surface area contributed by atoms with Crippen molar-refractivity contribution in [2.75, 3.05) is 0 Å². The summed E-state index contributed by atoms with van der Waals surface area (Å²) in [5.74, 6) is -0.178. The van der Waals surface area contributed by atoms with Gasteiger partial charge in [0, 0.05) is 19.3 Å². The Morgan fingerprint density at radius 1 is 1.41 bits per heavy atom. The predicted molar refractivity (Wildman–Crippen MR) is 84.5 cm³/mol. The number of amides is 3. The third-order valence-corrected chi connectivity index (χ3v) is 4.31. The zero-order chi connectivity index (χ0) is 17.1. The van der Waals surface area contributed by atoms with Gasteiger partial charge in [0.2, 0.25) is 5.91 Å². The maximum absolute atomic E-state index is 12.7. The molecule has 3 N–H and O–H groups in total. The van der Waals surface area contributed by atoms with Crippen LogP contribution in [0.4, 0.5) is 4.79 Å². The fourth-order valence-corrected chi connectivity index (χ4v) is 3.39. The number of hydrogen-bond acceptors (Lipinski definition) is 3. The van der Waals surface area contributed by atoms with Crippen molar-refractivity contribution in [2.24, 2.45) is 23.0 Å².